The molecule has 2 aromatic rings. The molecule has 0 radical (unpaired) electrons. The monoisotopic (exact) mass is 257 g/mol. The van der Waals surface area contributed by atoms with Gasteiger partial charge in [0, 0.05) is 11.9 Å². The van der Waals surface area contributed by atoms with Crippen LogP contribution in [0.3, 0.4) is 0 Å². The van der Waals surface area contributed by atoms with Crippen LogP contribution in [0.4, 0.5) is 4.79 Å². The van der Waals surface area contributed by atoms with Crippen molar-refractivity contribution in [2.45, 2.75) is 6.54 Å². The third-order valence-electron chi connectivity index (χ3n) is 2.63. The number of nitrogens with one attached hydrogen (secondary N) is 1. The molecule has 0 fully saturated rings. The number of nitrogens with zero attached hydrogens (tertiary/aromatic N) is 2. The van der Waals surface area contributed by atoms with E-state index in [4.69, 9.17) is 0 Å². The smallest absolute Gasteiger partial charge is 0.308 e. The normalized spacial score (nSPS) is 15.2. The molecule has 0 bridgehead atoms. The Bertz CT molecular complexity index is 626. The maximum absolute atomic E-state index is 11.7. The van der Waals surface area contributed by atoms with Gasteiger partial charge in [0.2, 0.25) is 0 Å². The van der Waals surface area contributed by atoms with Crippen LogP contribution in [-0.4, -0.2) is 15.9 Å². The summed E-state index contributed by atoms with van der Waals surface area (Å²) < 4.78 is 1.14. The van der Waals surface area contributed by atoms with Crippen LogP contribution in [0.15, 0.2) is 48.8 Å². The number of rotatable bonds is 2. The highest BCUT2D eigenvalue weighted by atomic mass is 32.1. The van der Waals surface area contributed by atoms with Crippen LogP contribution in [0.1, 0.15) is 5.01 Å². The molecule has 90 valence electrons. The number of amides is 2. The highest BCUT2D eigenvalue weighted by Crippen LogP contribution is 2.23. The molecule has 1 aliphatic heterocycles. The van der Waals surface area contributed by atoms with Gasteiger partial charge in [0.05, 0.1) is 16.8 Å². The molecule has 1 aliphatic rings. The van der Waals surface area contributed by atoms with E-state index >= 15 is 0 Å². The van der Waals surface area contributed by atoms with Gasteiger partial charge in [0.15, 0.2) is 0 Å². The van der Waals surface area contributed by atoms with E-state index in [2.05, 4.69) is 16.9 Å². The van der Waals surface area contributed by atoms with Crippen molar-refractivity contribution >= 4 is 27.6 Å². The average Bonchev–Trinajstić information content (AvgIpc) is 2.75. The molecular weight excluding hydrogens is 246 g/mol. The van der Waals surface area contributed by atoms with E-state index in [1.165, 1.54) is 0 Å². The molecule has 18 heavy (non-hydrogen) atoms. The van der Waals surface area contributed by atoms with Crippen molar-refractivity contribution in [2.24, 2.45) is 0 Å². The second-order valence-electron chi connectivity index (χ2n) is 3.97. The Kier molecular flexibility index (Phi) is 2.60. The highest BCUT2D eigenvalue weighted by Gasteiger charge is 2.17. The van der Waals surface area contributed by atoms with Crippen LogP contribution in [0.25, 0.3) is 10.2 Å². The summed E-state index contributed by atoms with van der Waals surface area (Å²) >= 11 is 1.60. The number of urea groups is 1. The van der Waals surface area contributed by atoms with Crippen molar-refractivity contribution in [3.05, 3.63) is 53.8 Å². The lowest BCUT2D eigenvalue weighted by atomic mass is 10.3. The minimum Gasteiger partial charge on any atom is -0.308 e. The van der Waals surface area contributed by atoms with Crippen molar-refractivity contribution in [3.8, 4) is 0 Å². The summed E-state index contributed by atoms with van der Waals surface area (Å²) in [6, 6.07) is 7.79. The van der Waals surface area contributed by atoms with Gasteiger partial charge in [-0.3, -0.25) is 4.90 Å². The van der Waals surface area contributed by atoms with Crippen LogP contribution in [-0.2, 0) is 6.54 Å². The minimum absolute atomic E-state index is 0.165. The van der Waals surface area contributed by atoms with Crippen molar-refractivity contribution < 1.29 is 4.79 Å². The number of allylic oxidation sites excluding steroid dienone is 1. The fraction of sp³-hybridized carbons (Fsp3) is 0.0769. The largest absolute Gasteiger partial charge is 0.326 e. The Morgan fingerprint density at radius 3 is 3.00 bits per heavy atom. The van der Waals surface area contributed by atoms with Crippen LogP contribution >= 0.6 is 11.3 Å². The van der Waals surface area contributed by atoms with Gasteiger partial charge in [-0.1, -0.05) is 18.7 Å². The van der Waals surface area contributed by atoms with Crippen molar-refractivity contribution in [3.63, 3.8) is 0 Å². The molecule has 2 heterocycles. The lowest BCUT2D eigenvalue weighted by Gasteiger charge is -2.21. The van der Waals surface area contributed by atoms with Gasteiger partial charge in [0.25, 0.3) is 0 Å². The molecule has 1 N–H and O–H groups in total. The lowest BCUT2D eigenvalue weighted by molar-refractivity contribution is 0.215. The zero-order chi connectivity index (χ0) is 12.5. The Morgan fingerprint density at radius 2 is 2.22 bits per heavy atom. The third-order valence-corrected chi connectivity index (χ3v) is 3.65. The fourth-order valence-corrected chi connectivity index (χ4v) is 2.72. The summed E-state index contributed by atoms with van der Waals surface area (Å²) in [7, 11) is 0. The SMILES string of the molecule is C=C1C=CN(Cc2nc3ccccc3s2)C(=O)N1. The minimum atomic E-state index is -0.165. The van der Waals surface area contributed by atoms with E-state index in [0.29, 0.717) is 12.2 Å². The molecule has 3 rings (SSSR count). The summed E-state index contributed by atoms with van der Waals surface area (Å²) in [5.41, 5.74) is 1.59. The second-order valence-corrected chi connectivity index (χ2v) is 5.09. The number of carbonyl (C=O) groups is 1. The van der Waals surface area contributed by atoms with Crippen molar-refractivity contribution in [1.29, 1.82) is 0 Å². The maximum atomic E-state index is 11.7. The number of aromatic nitrogens is 1. The number of carbonyl (C=O) groups excluding carboxylic acids is 1. The maximum Gasteiger partial charge on any atom is 0.326 e. The topological polar surface area (TPSA) is 45.2 Å². The van der Waals surface area contributed by atoms with Gasteiger partial charge < -0.3 is 5.32 Å². The van der Waals surface area contributed by atoms with Crippen LogP contribution in [0, 0.1) is 0 Å². The molecule has 0 spiro atoms. The van der Waals surface area contributed by atoms with Gasteiger partial charge >= 0.3 is 6.03 Å². The highest BCUT2D eigenvalue weighted by molar-refractivity contribution is 7.18. The number of para-hydroxylation sites is 1. The van der Waals surface area contributed by atoms with Gasteiger partial charge in [0.1, 0.15) is 5.01 Å². The van der Waals surface area contributed by atoms with Gasteiger partial charge in [-0.15, -0.1) is 11.3 Å². The predicted octanol–water partition coefficient (Wildman–Crippen LogP) is 2.85. The Hall–Kier alpha value is -2.14. The Morgan fingerprint density at radius 1 is 1.39 bits per heavy atom. The first-order chi connectivity index (χ1) is 8.72. The molecule has 0 unspecified atom stereocenters. The third kappa shape index (κ3) is 2.00. The molecule has 0 aliphatic carbocycles. The molecule has 2 amide bonds. The fourth-order valence-electron chi connectivity index (χ4n) is 1.76. The molecule has 4 nitrogen and oxygen atoms in total. The van der Waals surface area contributed by atoms with E-state index in [9.17, 15) is 4.79 Å². The first kappa shape index (κ1) is 11.0. The second kappa shape index (κ2) is 4.27. The van der Waals surface area contributed by atoms with Crippen LogP contribution < -0.4 is 5.32 Å². The van der Waals surface area contributed by atoms with E-state index in [1.807, 2.05) is 24.3 Å². The standard InChI is InChI=1S/C13H11N3OS/c1-9-6-7-16(13(17)14-9)8-12-15-10-4-2-3-5-11(10)18-12/h2-7H,1,8H2,(H,14,17). The Balaban J connectivity index is 1.86. The quantitative estimate of drug-likeness (QED) is 0.899. The summed E-state index contributed by atoms with van der Waals surface area (Å²) in [5.74, 6) is 0. The first-order valence-electron chi connectivity index (χ1n) is 5.51. The molecule has 0 saturated carbocycles. The number of hydrogen-bond acceptors (Lipinski definition) is 3. The van der Waals surface area contributed by atoms with Gasteiger partial charge in [-0.25, -0.2) is 9.78 Å². The number of fused-ring (bicyclic) bond motifs is 1. The van der Waals surface area contributed by atoms with Crippen molar-refractivity contribution in [2.75, 3.05) is 0 Å². The van der Waals surface area contributed by atoms with Gasteiger partial charge in [-0.2, -0.15) is 0 Å². The first-order valence-corrected chi connectivity index (χ1v) is 6.33. The zero-order valence-electron chi connectivity index (χ0n) is 9.59. The molecule has 1 aromatic heterocycles. The summed E-state index contributed by atoms with van der Waals surface area (Å²) in [6.07, 6.45) is 3.50. The van der Waals surface area contributed by atoms with Crippen LogP contribution in [0.2, 0.25) is 0 Å². The Labute approximate surface area is 108 Å². The van der Waals surface area contributed by atoms with E-state index in [-0.39, 0.29) is 6.03 Å². The predicted molar refractivity (Wildman–Crippen MR) is 72.0 cm³/mol. The zero-order valence-corrected chi connectivity index (χ0v) is 10.4. The number of thiazole rings is 1. The lowest BCUT2D eigenvalue weighted by Crippen LogP contribution is -2.38. The summed E-state index contributed by atoms with van der Waals surface area (Å²) in [5, 5.41) is 3.59. The van der Waals surface area contributed by atoms with E-state index in [0.717, 1.165) is 15.2 Å². The average molecular weight is 257 g/mol. The summed E-state index contributed by atoms with van der Waals surface area (Å²) in [6.45, 7) is 4.16. The van der Waals surface area contributed by atoms with E-state index in [1.54, 1.807) is 28.5 Å². The number of hydrogen-bond donors (Lipinski definition) is 1. The van der Waals surface area contributed by atoms with Crippen LogP contribution in [0.5, 0.6) is 0 Å². The molecule has 0 saturated heterocycles. The molecule has 0 atom stereocenters. The molecule has 5 heteroatoms. The molecule has 1 aromatic carbocycles. The van der Waals surface area contributed by atoms with Gasteiger partial charge in [-0.05, 0) is 18.2 Å². The van der Waals surface area contributed by atoms with Crippen molar-refractivity contribution in [1.82, 2.24) is 15.2 Å². The number of benzene rings is 1. The van der Waals surface area contributed by atoms with E-state index < -0.39 is 0 Å². The molecular formula is C13H11N3OS. The summed E-state index contributed by atoms with van der Waals surface area (Å²) in [4.78, 5) is 17.8.